The fourth-order valence-corrected chi connectivity index (χ4v) is 2.17. The first kappa shape index (κ1) is 14.6. The number of carbonyl (C=O) groups excluding carboxylic acids is 1. The first-order valence-electron chi connectivity index (χ1n) is 5.69. The minimum Gasteiger partial charge on any atom is -0.368 e. The van der Waals surface area contributed by atoms with Crippen molar-refractivity contribution in [2.24, 2.45) is 5.73 Å². The SMILES string of the molecule is CC(C(N)=O)n1c(CCl)nc2cc(C(F)(F)F)ccc21. The van der Waals surface area contributed by atoms with Crippen LogP contribution in [0.1, 0.15) is 24.4 Å². The molecule has 4 nitrogen and oxygen atoms in total. The van der Waals surface area contributed by atoms with Crippen molar-refractivity contribution in [1.29, 1.82) is 0 Å². The predicted octanol–water partition coefficient (Wildman–Crippen LogP) is 2.84. The molecule has 8 heteroatoms. The molecule has 0 bridgehead atoms. The van der Waals surface area contributed by atoms with Gasteiger partial charge >= 0.3 is 6.18 Å². The molecule has 0 aliphatic carbocycles. The summed E-state index contributed by atoms with van der Waals surface area (Å²) in [6.07, 6.45) is -4.45. The Bertz CT molecular complexity index is 666. The average Bonchev–Trinajstić information content (AvgIpc) is 2.73. The van der Waals surface area contributed by atoms with E-state index in [4.69, 9.17) is 17.3 Å². The maximum atomic E-state index is 12.7. The molecule has 1 unspecified atom stereocenters. The molecule has 2 aromatic rings. The van der Waals surface area contributed by atoms with E-state index in [2.05, 4.69) is 4.98 Å². The van der Waals surface area contributed by atoms with Crippen molar-refractivity contribution in [3.05, 3.63) is 29.6 Å². The minimum absolute atomic E-state index is 0.0341. The lowest BCUT2D eigenvalue weighted by Crippen LogP contribution is -2.25. The van der Waals surface area contributed by atoms with Gasteiger partial charge in [0.1, 0.15) is 11.9 Å². The number of benzene rings is 1. The lowest BCUT2D eigenvalue weighted by Gasteiger charge is -2.13. The Morgan fingerprint density at radius 2 is 2.15 bits per heavy atom. The molecule has 0 aliphatic heterocycles. The van der Waals surface area contributed by atoms with Gasteiger partial charge in [0.25, 0.3) is 0 Å². The smallest absolute Gasteiger partial charge is 0.368 e. The molecule has 20 heavy (non-hydrogen) atoms. The van der Waals surface area contributed by atoms with Gasteiger partial charge in [-0.25, -0.2) is 4.98 Å². The van der Waals surface area contributed by atoms with Crippen molar-refractivity contribution in [2.75, 3.05) is 0 Å². The fraction of sp³-hybridized carbons (Fsp3) is 0.333. The van der Waals surface area contributed by atoms with Crippen LogP contribution in [0, 0.1) is 0 Å². The van der Waals surface area contributed by atoms with Crippen LogP contribution < -0.4 is 5.73 Å². The zero-order valence-electron chi connectivity index (χ0n) is 10.4. The lowest BCUT2D eigenvalue weighted by atomic mass is 10.2. The highest BCUT2D eigenvalue weighted by molar-refractivity contribution is 6.17. The monoisotopic (exact) mass is 305 g/mol. The van der Waals surface area contributed by atoms with Crippen LogP contribution in [0.3, 0.4) is 0 Å². The maximum Gasteiger partial charge on any atom is 0.416 e. The Morgan fingerprint density at radius 1 is 1.50 bits per heavy atom. The number of rotatable bonds is 3. The van der Waals surface area contributed by atoms with Gasteiger partial charge in [0.2, 0.25) is 5.91 Å². The number of halogens is 4. The third-order valence-corrected chi connectivity index (χ3v) is 3.25. The second-order valence-electron chi connectivity index (χ2n) is 4.31. The molecule has 1 aromatic carbocycles. The first-order chi connectivity index (χ1) is 9.25. The molecule has 1 amide bonds. The number of primary amides is 1. The molecule has 0 saturated carbocycles. The molecule has 0 fully saturated rings. The van der Waals surface area contributed by atoms with Gasteiger partial charge in [-0.05, 0) is 25.1 Å². The Kier molecular flexibility index (Phi) is 3.64. The summed E-state index contributed by atoms with van der Waals surface area (Å²) in [5.74, 6) is -0.351. The van der Waals surface area contributed by atoms with E-state index in [1.54, 1.807) is 0 Å². The topological polar surface area (TPSA) is 60.9 Å². The summed E-state index contributed by atoms with van der Waals surface area (Å²) in [5, 5.41) is 0. The van der Waals surface area contributed by atoms with Gasteiger partial charge in [0.05, 0.1) is 22.5 Å². The van der Waals surface area contributed by atoms with E-state index in [1.807, 2.05) is 0 Å². The molecule has 0 aliphatic rings. The van der Waals surface area contributed by atoms with Crippen LogP contribution in [0.15, 0.2) is 18.2 Å². The van der Waals surface area contributed by atoms with Crippen LogP contribution in [-0.2, 0) is 16.9 Å². The fourth-order valence-electron chi connectivity index (χ4n) is 1.98. The molecule has 1 heterocycles. The average molecular weight is 306 g/mol. The Balaban J connectivity index is 2.67. The van der Waals surface area contributed by atoms with Gasteiger partial charge in [-0.3, -0.25) is 4.79 Å². The summed E-state index contributed by atoms with van der Waals surface area (Å²) in [4.78, 5) is 15.3. The molecule has 2 rings (SSSR count). The summed E-state index contributed by atoms with van der Waals surface area (Å²) in [7, 11) is 0. The van der Waals surface area contributed by atoms with Crippen molar-refractivity contribution in [1.82, 2.24) is 9.55 Å². The summed E-state index contributed by atoms with van der Waals surface area (Å²) >= 11 is 5.72. The van der Waals surface area contributed by atoms with Gasteiger partial charge < -0.3 is 10.3 Å². The Hall–Kier alpha value is -1.76. The van der Waals surface area contributed by atoms with Gasteiger partial charge in [-0.1, -0.05) is 0 Å². The van der Waals surface area contributed by atoms with Crippen LogP contribution >= 0.6 is 11.6 Å². The van der Waals surface area contributed by atoms with Gasteiger partial charge in [-0.2, -0.15) is 13.2 Å². The summed E-state index contributed by atoms with van der Waals surface area (Å²) in [6.45, 7) is 1.54. The highest BCUT2D eigenvalue weighted by Crippen LogP contribution is 2.32. The van der Waals surface area contributed by atoms with Crippen molar-refractivity contribution in [2.45, 2.75) is 25.0 Å². The number of hydrogen-bond acceptors (Lipinski definition) is 2. The van der Waals surface area contributed by atoms with E-state index in [1.165, 1.54) is 17.6 Å². The van der Waals surface area contributed by atoms with Crippen LogP contribution in [0.4, 0.5) is 13.2 Å². The summed E-state index contributed by atoms with van der Waals surface area (Å²) < 4.78 is 39.4. The van der Waals surface area contributed by atoms with E-state index in [9.17, 15) is 18.0 Å². The second kappa shape index (κ2) is 4.97. The largest absolute Gasteiger partial charge is 0.416 e. The van der Waals surface area contributed by atoms with E-state index in [-0.39, 0.29) is 11.4 Å². The number of alkyl halides is 4. The molecule has 0 spiro atoms. The number of nitrogens with two attached hydrogens (primary N) is 1. The van der Waals surface area contributed by atoms with E-state index >= 15 is 0 Å². The van der Waals surface area contributed by atoms with Crippen LogP contribution in [0.5, 0.6) is 0 Å². The second-order valence-corrected chi connectivity index (χ2v) is 4.58. The van der Waals surface area contributed by atoms with Gasteiger partial charge in [0.15, 0.2) is 0 Å². The number of nitrogens with zero attached hydrogens (tertiary/aromatic N) is 2. The van der Waals surface area contributed by atoms with E-state index < -0.39 is 23.7 Å². The summed E-state index contributed by atoms with van der Waals surface area (Å²) in [5.41, 5.74) is 4.94. The van der Waals surface area contributed by atoms with Crippen LogP contribution in [0.2, 0.25) is 0 Å². The maximum absolute atomic E-state index is 12.7. The zero-order chi connectivity index (χ0) is 15.1. The number of imidazole rings is 1. The van der Waals surface area contributed by atoms with Crippen molar-refractivity contribution in [3.63, 3.8) is 0 Å². The molecule has 0 saturated heterocycles. The quantitative estimate of drug-likeness (QED) is 0.886. The van der Waals surface area contributed by atoms with Gasteiger partial charge in [-0.15, -0.1) is 11.6 Å². The molecular weight excluding hydrogens is 295 g/mol. The molecule has 108 valence electrons. The molecule has 1 aromatic heterocycles. The molecular formula is C12H11ClF3N3O. The number of fused-ring (bicyclic) bond motifs is 1. The molecule has 1 atom stereocenters. The molecule has 0 radical (unpaired) electrons. The van der Waals surface area contributed by atoms with E-state index in [0.717, 1.165) is 12.1 Å². The van der Waals surface area contributed by atoms with Crippen molar-refractivity contribution < 1.29 is 18.0 Å². The first-order valence-corrected chi connectivity index (χ1v) is 6.22. The standard InChI is InChI=1S/C12H11ClF3N3O/c1-6(11(17)20)19-9-3-2-7(12(14,15)16)4-8(9)18-10(19)5-13/h2-4,6H,5H2,1H3,(H2,17,20). The lowest BCUT2D eigenvalue weighted by molar-refractivity contribution is -0.137. The summed E-state index contributed by atoms with van der Waals surface area (Å²) in [6, 6.07) is 2.38. The van der Waals surface area contributed by atoms with Gasteiger partial charge in [0, 0.05) is 0 Å². The molecule has 2 N–H and O–H groups in total. The highest BCUT2D eigenvalue weighted by Gasteiger charge is 2.31. The third kappa shape index (κ3) is 2.45. The normalized spacial score (nSPS) is 13.7. The Labute approximate surface area is 117 Å². The highest BCUT2D eigenvalue weighted by atomic mass is 35.5. The van der Waals surface area contributed by atoms with Crippen molar-refractivity contribution >= 4 is 28.5 Å². The number of aromatic nitrogens is 2. The van der Waals surface area contributed by atoms with Crippen molar-refractivity contribution in [3.8, 4) is 0 Å². The van der Waals surface area contributed by atoms with Crippen LogP contribution in [-0.4, -0.2) is 15.5 Å². The number of hydrogen-bond donors (Lipinski definition) is 1. The van der Waals surface area contributed by atoms with E-state index in [0.29, 0.717) is 11.3 Å². The predicted molar refractivity (Wildman–Crippen MR) is 68.2 cm³/mol. The minimum atomic E-state index is -4.45. The number of amides is 1. The van der Waals surface area contributed by atoms with Crippen LogP contribution in [0.25, 0.3) is 11.0 Å². The number of carbonyl (C=O) groups is 1. The zero-order valence-corrected chi connectivity index (χ0v) is 11.2. The third-order valence-electron chi connectivity index (χ3n) is 3.01. The Morgan fingerprint density at radius 3 is 2.65 bits per heavy atom.